The van der Waals surface area contributed by atoms with Gasteiger partial charge in [0.05, 0.1) is 29.6 Å². The Morgan fingerprint density at radius 2 is 1.73 bits per heavy atom. The topological polar surface area (TPSA) is 68.2 Å². The summed E-state index contributed by atoms with van der Waals surface area (Å²) in [6.07, 6.45) is 8.11. The maximum Gasteiger partial charge on any atom is 0.254 e. The lowest BCUT2D eigenvalue weighted by molar-refractivity contribution is -0.141. The van der Waals surface area contributed by atoms with Crippen LogP contribution in [0, 0.1) is 29.1 Å². The number of ether oxygens (including phenoxy) is 2. The van der Waals surface area contributed by atoms with Gasteiger partial charge >= 0.3 is 0 Å². The van der Waals surface area contributed by atoms with Crippen LogP contribution in [0.2, 0.25) is 0 Å². The molecule has 1 saturated heterocycles. The molecule has 4 aliphatic rings. The highest BCUT2D eigenvalue weighted by Crippen LogP contribution is 2.73. The first-order valence-electron chi connectivity index (χ1n) is 12.6. The SMILES string of the molecule is COc1cc(/C=N\N2C(=O)[C@@H]3[C@@H](C2=O)[C@H]2C=C[C@H]3C23CC3)cc(Br)c1OCc1cccc2ccccc12. The van der Waals surface area contributed by atoms with Crippen molar-refractivity contribution in [2.75, 3.05) is 7.11 Å². The molecule has 4 atom stereocenters. The van der Waals surface area contributed by atoms with Gasteiger partial charge in [-0.1, -0.05) is 54.6 Å². The lowest BCUT2D eigenvalue weighted by Gasteiger charge is -2.18. The van der Waals surface area contributed by atoms with E-state index in [0.717, 1.165) is 34.2 Å². The van der Waals surface area contributed by atoms with E-state index in [0.29, 0.717) is 28.1 Å². The molecule has 3 aromatic carbocycles. The molecule has 0 unspecified atom stereocenters. The molecule has 2 saturated carbocycles. The molecule has 3 aromatic rings. The van der Waals surface area contributed by atoms with Crippen LogP contribution in [-0.4, -0.2) is 30.1 Å². The van der Waals surface area contributed by atoms with E-state index in [2.05, 4.69) is 57.4 Å². The Balaban J connectivity index is 1.11. The first kappa shape index (κ1) is 22.7. The van der Waals surface area contributed by atoms with Crippen molar-refractivity contribution in [1.82, 2.24) is 5.01 Å². The normalized spacial score (nSPS) is 26.6. The molecule has 1 aliphatic heterocycles. The Labute approximate surface area is 223 Å². The number of amides is 2. The maximum absolute atomic E-state index is 13.2. The number of hydrazone groups is 1. The lowest BCUT2D eigenvalue weighted by Crippen LogP contribution is -2.30. The Bertz CT molecular complexity index is 1490. The van der Waals surface area contributed by atoms with Gasteiger partial charge in [0.15, 0.2) is 11.5 Å². The summed E-state index contributed by atoms with van der Waals surface area (Å²) in [5, 5.41) is 7.73. The number of carbonyl (C=O) groups is 2. The highest BCUT2D eigenvalue weighted by atomic mass is 79.9. The van der Waals surface area contributed by atoms with Crippen molar-refractivity contribution >= 4 is 44.7 Å². The number of benzene rings is 3. The van der Waals surface area contributed by atoms with Crippen molar-refractivity contribution in [3.8, 4) is 11.5 Å². The zero-order valence-corrected chi connectivity index (χ0v) is 21.9. The number of hydrogen-bond donors (Lipinski definition) is 0. The predicted molar refractivity (Wildman–Crippen MR) is 143 cm³/mol. The summed E-state index contributed by atoms with van der Waals surface area (Å²) in [6.45, 7) is 0.376. The molecule has 1 heterocycles. The van der Waals surface area contributed by atoms with Crippen molar-refractivity contribution in [2.24, 2.45) is 34.2 Å². The van der Waals surface area contributed by atoms with Crippen molar-refractivity contribution in [3.63, 3.8) is 0 Å². The third kappa shape index (κ3) is 3.33. The number of rotatable bonds is 6. The summed E-state index contributed by atoms with van der Waals surface area (Å²) in [4.78, 5) is 26.4. The molecule has 37 heavy (non-hydrogen) atoms. The van der Waals surface area contributed by atoms with Gasteiger partial charge < -0.3 is 9.47 Å². The zero-order chi connectivity index (χ0) is 25.3. The van der Waals surface area contributed by atoms with E-state index in [1.807, 2.05) is 24.3 Å². The van der Waals surface area contributed by atoms with Crippen LogP contribution in [0.3, 0.4) is 0 Å². The Morgan fingerprint density at radius 3 is 2.43 bits per heavy atom. The van der Waals surface area contributed by atoms with Gasteiger partial charge in [-0.3, -0.25) is 9.59 Å². The van der Waals surface area contributed by atoms with Crippen molar-refractivity contribution < 1.29 is 19.1 Å². The van der Waals surface area contributed by atoms with E-state index in [-0.39, 0.29) is 40.9 Å². The van der Waals surface area contributed by atoms with Gasteiger partial charge in [-0.05, 0) is 80.1 Å². The zero-order valence-electron chi connectivity index (χ0n) is 20.3. The smallest absolute Gasteiger partial charge is 0.254 e. The molecule has 1 spiro atoms. The number of halogens is 1. The second-order valence-electron chi connectivity index (χ2n) is 10.4. The number of allylic oxidation sites excluding steroid dienone is 2. The predicted octanol–water partition coefficient (Wildman–Crippen LogP) is 5.72. The molecular weight excluding hydrogens is 532 g/mol. The number of imide groups is 1. The molecule has 2 amide bonds. The molecule has 6 nitrogen and oxygen atoms in total. The number of hydrogen-bond acceptors (Lipinski definition) is 5. The molecule has 3 fully saturated rings. The number of nitrogens with zero attached hydrogens (tertiary/aromatic N) is 2. The molecule has 7 heteroatoms. The van der Waals surface area contributed by atoms with Crippen molar-refractivity contribution in [2.45, 2.75) is 19.4 Å². The van der Waals surface area contributed by atoms with E-state index >= 15 is 0 Å². The van der Waals surface area contributed by atoms with E-state index < -0.39 is 0 Å². The second-order valence-corrected chi connectivity index (χ2v) is 11.3. The number of methoxy groups -OCH3 is 1. The van der Waals surface area contributed by atoms with Gasteiger partial charge in [-0.2, -0.15) is 10.1 Å². The first-order chi connectivity index (χ1) is 18.0. The highest BCUT2D eigenvalue weighted by Gasteiger charge is 2.73. The van der Waals surface area contributed by atoms with Crippen molar-refractivity contribution in [3.05, 3.63) is 82.3 Å². The Kier molecular flexibility index (Phi) is 5.09. The van der Waals surface area contributed by atoms with E-state index in [9.17, 15) is 9.59 Å². The minimum Gasteiger partial charge on any atom is -0.493 e. The van der Waals surface area contributed by atoms with Crippen LogP contribution in [0.1, 0.15) is 24.0 Å². The fourth-order valence-electron chi connectivity index (χ4n) is 6.82. The molecule has 3 aliphatic carbocycles. The average molecular weight is 557 g/mol. The van der Waals surface area contributed by atoms with Gasteiger partial charge in [0.25, 0.3) is 11.8 Å². The second kappa shape index (κ2) is 8.28. The van der Waals surface area contributed by atoms with E-state index in [1.165, 1.54) is 0 Å². The standard InChI is InChI=1S/C30H25BrN2O4/c1-36-24-14-17(13-23(31)27(24)37-16-19-7-4-6-18-5-2-3-8-20(18)19)15-32-33-28(34)25-21-9-10-22(26(25)29(33)35)30(21)11-12-30/h2-10,13-15,21-22,25-26H,11-12,16H2,1H3/b32-15-/t21-,22-,25+,26+/m1/s1. The van der Waals surface area contributed by atoms with Crippen LogP contribution in [0.5, 0.6) is 11.5 Å². The van der Waals surface area contributed by atoms with Crippen LogP contribution in [0.25, 0.3) is 10.8 Å². The molecule has 7 rings (SSSR count). The van der Waals surface area contributed by atoms with Gasteiger partial charge in [0, 0.05) is 0 Å². The third-order valence-electron chi connectivity index (χ3n) is 8.66. The van der Waals surface area contributed by atoms with Gasteiger partial charge in [-0.15, -0.1) is 0 Å². The average Bonchev–Trinajstić information content (AvgIpc) is 3.51. The Hall–Kier alpha value is -3.45. The van der Waals surface area contributed by atoms with Crippen molar-refractivity contribution in [1.29, 1.82) is 0 Å². The fraction of sp³-hybridized carbons (Fsp3) is 0.300. The summed E-state index contributed by atoms with van der Waals surface area (Å²) in [6, 6.07) is 18.0. The molecule has 2 bridgehead atoms. The Morgan fingerprint density at radius 1 is 1.03 bits per heavy atom. The molecule has 0 radical (unpaired) electrons. The first-order valence-corrected chi connectivity index (χ1v) is 13.4. The largest absolute Gasteiger partial charge is 0.493 e. The highest BCUT2D eigenvalue weighted by molar-refractivity contribution is 9.10. The minimum absolute atomic E-state index is 0.171. The van der Waals surface area contributed by atoms with Gasteiger partial charge in [-0.25, -0.2) is 0 Å². The summed E-state index contributed by atoms with van der Waals surface area (Å²) < 4.78 is 12.5. The summed E-state index contributed by atoms with van der Waals surface area (Å²) in [7, 11) is 1.58. The van der Waals surface area contributed by atoms with Gasteiger partial charge in [0.2, 0.25) is 0 Å². The third-order valence-corrected chi connectivity index (χ3v) is 9.24. The summed E-state index contributed by atoms with van der Waals surface area (Å²) in [5.41, 5.74) is 1.95. The van der Waals surface area contributed by atoms with Crippen LogP contribution in [0.15, 0.2) is 76.3 Å². The van der Waals surface area contributed by atoms with Crippen LogP contribution in [0.4, 0.5) is 0 Å². The van der Waals surface area contributed by atoms with E-state index in [1.54, 1.807) is 19.4 Å². The monoisotopic (exact) mass is 556 g/mol. The van der Waals surface area contributed by atoms with Crippen LogP contribution >= 0.6 is 15.9 Å². The lowest BCUT2D eigenvalue weighted by atomic mass is 9.85. The van der Waals surface area contributed by atoms with Gasteiger partial charge in [0.1, 0.15) is 6.61 Å². The number of fused-ring (bicyclic) bond motifs is 4. The molecule has 0 aromatic heterocycles. The number of carbonyl (C=O) groups excluding carboxylic acids is 2. The van der Waals surface area contributed by atoms with Crippen LogP contribution in [-0.2, 0) is 16.2 Å². The minimum atomic E-state index is -0.256. The fourth-order valence-corrected chi connectivity index (χ4v) is 7.40. The molecule has 0 N–H and O–H groups in total. The maximum atomic E-state index is 13.2. The molecule has 186 valence electrons. The summed E-state index contributed by atoms with van der Waals surface area (Å²) in [5.74, 6) is 0.628. The quantitative estimate of drug-likeness (QED) is 0.221. The molecular formula is C30H25BrN2O4. The van der Waals surface area contributed by atoms with Crippen LogP contribution < -0.4 is 9.47 Å². The van der Waals surface area contributed by atoms with E-state index in [4.69, 9.17) is 9.47 Å². The summed E-state index contributed by atoms with van der Waals surface area (Å²) >= 11 is 3.60.